The van der Waals surface area contributed by atoms with Gasteiger partial charge in [-0.05, 0) is 68.5 Å². The van der Waals surface area contributed by atoms with Crippen molar-refractivity contribution in [2.75, 3.05) is 23.3 Å². The zero-order chi connectivity index (χ0) is 21.1. The number of amides is 1. The van der Waals surface area contributed by atoms with E-state index in [-0.39, 0.29) is 11.8 Å². The van der Waals surface area contributed by atoms with Gasteiger partial charge in [0.25, 0.3) is 0 Å². The van der Waals surface area contributed by atoms with Gasteiger partial charge in [0.15, 0.2) is 5.82 Å². The lowest BCUT2D eigenvalue weighted by molar-refractivity contribution is -0.120. The van der Waals surface area contributed by atoms with Gasteiger partial charge in [0.2, 0.25) is 5.91 Å². The Kier molecular flexibility index (Phi) is 5.79. The fraction of sp³-hybridized carbons (Fsp3) is 0.320. The van der Waals surface area contributed by atoms with Crippen molar-refractivity contribution in [3.8, 4) is 11.3 Å². The highest BCUT2D eigenvalue weighted by Gasteiger charge is 2.27. The Morgan fingerprint density at radius 3 is 2.60 bits per heavy atom. The Labute approximate surface area is 178 Å². The Morgan fingerprint density at radius 2 is 1.83 bits per heavy atom. The number of piperidine rings is 1. The summed E-state index contributed by atoms with van der Waals surface area (Å²) in [4.78, 5) is 15.1. The maximum absolute atomic E-state index is 12.9. The van der Waals surface area contributed by atoms with Crippen LogP contribution in [0.15, 0.2) is 54.6 Å². The van der Waals surface area contributed by atoms with Crippen LogP contribution in [0.1, 0.15) is 29.5 Å². The second-order valence-corrected chi connectivity index (χ2v) is 8.18. The average molecular weight is 401 g/mol. The van der Waals surface area contributed by atoms with Crippen molar-refractivity contribution in [3.05, 3.63) is 71.3 Å². The van der Waals surface area contributed by atoms with Crippen molar-refractivity contribution in [2.45, 2.75) is 33.6 Å². The predicted octanol–water partition coefficient (Wildman–Crippen LogP) is 4.92. The Hall–Kier alpha value is -3.21. The molecule has 0 radical (unpaired) electrons. The lowest BCUT2D eigenvalue weighted by Gasteiger charge is -2.32. The van der Waals surface area contributed by atoms with Gasteiger partial charge in [0.1, 0.15) is 0 Å². The molecule has 1 atom stereocenters. The van der Waals surface area contributed by atoms with Crippen LogP contribution < -0.4 is 10.2 Å². The van der Waals surface area contributed by atoms with Gasteiger partial charge < -0.3 is 10.2 Å². The maximum atomic E-state index is 12.9. The molecule has 1 unspecified atom stereocenters. The quantitative estimate of drug-likeness (QED) is 0.675. The second kappa shape index (κ2) is 8.66. The number of hydrogen-bond acceptors (Lipinski definition) is 4. The van der Waals surface area contributed by atoms with Gasteiger partial charge in [-0.1, -0.05) is 36.4 Å². The van der Waals surface area contributed by atoms with Gasteiger partial charge >= 0.3 is 0 Å². The van der Waals surface area contributed by atoms with Crippen LogP contribution in [0.3, 0.4) is 0 Å². The largest absolute Gasteiger partial charge is 0.354 e. The molecule has 0 bridgehead atoms. The highest BCUT2D eigenvalue weighted by Crippen LogP contribution is 2.26. The fourth-order valence-electron chi connectivity index (χ4n) is 4.00. The zero-order valence-corrected chi connectivity index (χ0v) is 17.9. The minimum Gasteiger partial charge on any atom is -0.354 e. The molecule has 1 fully saturated rings. The van der Waals surface area contributed by atoms with Gasteiger partial charge in [0.05, 0.1) is 11.6 Å². The summed E-state index contributed by atoms with van der Waals surface area (Å²) in [7, 11) is 0. The standard InChI is InChI=1S/C25H28N4O/c1-17-10-11-19(3)23(15-17)26-25(30)20-8-6-14-29(16-20)24-13-12-22(27-28-24)21-9-5-4-7-18(21)2/h4-5,7,9-13,15,20H,6,8,14,16H2,1-3H3,(H,26,30). The molecule has 1 N–H and O–H groups in total. The molecule has 3 aromatic rings. The third kappa shape index (κ3) is 4.35. The van der Waals surface area contributed by atoms with E-state index < -0.39 is 0 Å². The van der Waals surface area contributed by atoms with E-state index in [9.17, 15) is 4.79 Å². The van der Waals surface area contributed by atoms with E-state index in [2.05, 4.69) is 45.5 Å². The smallest absolute Gasteiger partial charge is 0.229 e. The molecule has 1 saturated heterocycles. The van der Waals surface area contributed by atoms with Crippen molar-refractivity contribution in [3.63, 3.8) is 0 Å². The van der Waals surface area contributed by atoms with Crippen molar-refractivity contribution in [1.82, 2.24) is 10.2 Å². The first-order chi connectivity index (χ1) is 14.5. The molecule has 4 rings (SSSR count). The SMILES string of the molecule is Cc1ccc(C)c(NC(=O)C2CCCN(c3ccc(-c4ccccc4C)nn3)C2)c1. The Balaban J connectivity index is 1.45. The summed E-state index contributed by atoms with van der Waals surface area (Å²) in [6.07, 6.45) is 1.86. The summed E-state index contributed by atoms with van der Waals surface area (Å²) in [5.74, 6) is 0.853. The minimum absolute atomic E-state index is 0.0588. The van der Waals surface area contributed by atoms with E-state index in [1.54, 1.807) is 0 Å². The zero-order valence-electron chi connectivity index (χ0n) is 17.9. The van der Waals surface area contributed by atoms with Crippen LogP contribution in [-0.4, -0.2) is 29.2 Å². The van der Waals surface area contributed by atoms with E-state index >= 15 is 0 Å². The van der Waals surface area contributed by atoms with Crippen LogP contribution in [-0.2, 0) is 4.79 Å². The monoisotopic (exact) mass is 400 g/mol. The van der Waals surface area contributed by atoms with Gasteiger partial charge in [-0.15, -0.1) is 10.2 Å². The molecular formula is C25H28N4O. The first-order valence-electron chi connectivity index (χ1n) is 10.5. The van der Waals surface area contributed by atoms with Gasteiger partial charge in [-0.3, -0.25) is 4.79 Å². The van der Waals surface area contributed by atoms with Crippen molar-refractivity contribution in [2.24, 2.45) is 5.92 Å². The third-order valence-corrected chi connectivity index (χ3v) is 5.84. The molecule has 1 aromatic heterocycles. The molecule has 154 valence electrons. The molecule has 2 heterocycles. The summed E-state index contributed by atoms with van der Waals surface area (Å²) in [6.45, 7) is 7.69. The van der Waals surface area contributed by atoms with Crippen LogP contribution in [0, 0.1) is 26.7 Å². The Bertz CT molecular complexity index is 1050. The summed E-state index contributed by atoms with van der Waals surface area (Å²) in [5.41, 5.74) is 6.28. The summed E-state index contributed by atoms with van der Waals surface area (Å²) in [6, 6.07) is 18.4. The first-order valence-corrected chi connectivity index (χ1v) is 10.5. The highest BCUT2D eigenvalue weighted by molar-refractivity contribution is 5.93. The van der Waals surface area contributed by atoms with E-state index in [4.69, 9.17) is 0 Å². The number of aromatic nitrogens is 2. The fourth-order valence-corrected chi connectivity index (χ4v) is 4.00. The topological polar surface area (TPSA) is 58.1 Å². The van der Waals surface area contributed by atoms with Crippen molar-refractivity contribution < 1.29 is 4.79 Å². The molecule has 1 amide bonds. The Morgan fingerprint density at radius 1 is 1.00 bits per heavy atom. The van der Waals surface area contributed by atoms with E-state index in [1.807, 2.05) is 50.2 Å². The summed E-state index contributed by atoms with van der Waals surface area (Å²) in [5, 5.41) is 12.0. The van der Waals surface area contributed by atoms with Crippen molar-refractivity contribution >= 4 is 17.4 Å². The number of hydrogen-bond donors (Lipinski definition) is 1. The third-order valence-electron chi connectivity index (χ3n) is 5.84. The number of anilines is 2. The number of aryl methyl sites for hydroxylation is 3. The first kappa shape index (κ1) is 20.1. The number of nitrogens with zero attached hydrogens (tertiary/aromatic N) is 3. The van der Waals surface area contributed by atoms with Crippen LogP contribution in [0.25, 0.3) is 11.3 Å². The number of nitrogens with one attached hydrogen (secondary N) is 1. The van der Waals surface area contributed by atoms with Crippen molar-refractivity contribution in [1.29, 1.82) is 0 Å². The van der Waals surface area contributed by atoms with Gasteiger partial charge in [-0.2, -0.15) is 0 Å². The lowest BCUT2D eigenvalue weighted by atomic mass is 9.96. The highest BCUT2D eigenvalue weighted by atomic mass is 16.1. The average Bonchev–Trinajstić information content (AvgIpc) is 2.77. The summed E-state index contributed by atoms with van der Waals surface area (Å²) >= 11 is 0. The molecule has 30 heavy (non-hydrogen) atoms. The van der Waals surface area contributed by atoms with Crippen LogP contribution in [0.4, 0.5) is 11.5 Å². The number of carbonyl (C=O) groups is 1. The normalized spacial score (nSPS) is 16.4. The number of rotatable bonds is 4. The summed E-state index contributed by atoms with van der Waals surface area (Å²) < 4.78 is 0. The number of benzene rings is 2. The molecule has 5 nitrogen and oxygen atoms in total. The van der Waals surface area contributed by atoms with E-state index in [1.165, 1.54) is 5.56 Å². The molecule has 0 saturated carbocycles. The lowest BCUT2D eigenvalue weighted by Crippen LogP contribution is -2.41. The maximum Gasteiger partial charge on any atom is 0.229 e. The van der Waals surface area contributed by atoms with Crippen LogP contribution >= 0.6 is 0 Å². The predicted molar refractivity (Wildman–Crippen MR) is 122 cm³/mol. The minimum atomic E-state index is -0.0588. The molecule has 0 spiro atoms. The van der Waals surface area contributed by atoms with E-state index in [0.29, 0.717) is 6.54 Å². The molecule has 1 aliphatic rings. The molecule has 2 aromatic carbocycles. The molecule has 5 heteroatoms. The molecule has 0 aliphatic carbocycles. The molecular weight excluding hydrogens is 372 g/mol. The van der Waals surface area contributed by atoms with Gasteiger partial charge in [0, 0.05) is 24.3 Å². The second-order valence-electron chi connectivity index (χ2n) is 8.18. The van der Waals surface area contributed by atoms with E-state index in [0.717, 1.165) is 53.3 Å². The number of carbonyl (C=O) groups excluding carboxylic acids is 1. The van der Waals surface area contributed by atoms with Crippen LogP contribution in [0.2, 0.25) is 0 Å². The van der Waals surface area contributed by atoms with Crippen LogP contribution in [0.5, 0.6) is 0 Å². The molecule has 1 aliphatic heterocycles. The van der Waals surface area contributed by atoms with Gasteiger partial charge in [-0.25, -0.2) is 0 Å².